The summed E-state index contributed by atoms with van der Waals surface area (Å²) < 4.78 is 10.4. The predicted octanol–water partition coefficient (Wildman–Crippen LogP) is 2.87. The van der Waals surface area contributed by atoms with Crippen molar-refractivity contribution in [3.8, 4) is 0 Å². The van der Waals surface area contributed by atoms with Crippen LogP contribution in [0.15, 0.2) is 60.7 Å². The van der Waals surface area contributed by atoms with Crippen molar-refractivity contribution in [3.05, 3.63) is 71.8 Å². The van der Waals surface area contributed by atoms with E-state index in [1.807, 2.05) is 60.7 Å². The minimum atomic E-state index is -1.78. The van der Waals surface area contributed by atoms with Gasteiger partial charge in [-0.05, 0) is 25.0 Å². The molecule has 1 aliphatic heterocycles. The third-order valence-corrected chi connectivity index (χ3v) is 4.80. The van der Waals surface area contributed by atoms with Gasteiger partial charge < -0.3 is 14.4 Å². The van der Waals surface area contributed by atoms with Crippen LogP contribution in [-0.2, 0) is 23.9 Å². The van der Waals surface area contributed by atoms with Crippen LogP contribution < -0.4 is 0 Å². The van der Waals surface area contributed by atoms with Crippen LogP contribution in [0, 0.1) is 0 Å². The predicted molar refractivity (Wildman–Crippen MR) is 102 cm³/mol. The summed E-state index contributed by atoms with van der Waals surface area (Å²) in [7, 11) is 0. The van der Waals surface area contributed by atoms with Gasteiger partial charge in [-0.25, -0.2) is 9.59 Å². The number of carbonyl (C=O) groups is 3. The number of hydrogen-bond acceptors (Lipinski definition) is 5. The van der Waals surface area contributed by atoms with E-state index in [4.69, 9.17) is 9.47 Å². The quantitative estimate of drug-likeness (QED) is 0.419. The Morgan fingerprint density at radius 1 is 0.893 bits per heavy atom. The minimum Gasteiger partial charge on any atom is -0.464 e. The van der Waals surface area contributed by atoms with Crippen LogP contribution >= 0.6 is 0 Å². The first-order valence-corrected chi connectivity index (χ1v) is 9.32. The Kier molecular flexibility index (Phi) is 5.78. The van der Waals surface area contributed by atoms with Crippen molar-refractivity contribution in [3.63, 3.8) is 0 Å². The fraction of sp³-hybridized carbons (Fsp3) is 0.318. The minimum absolute atomic E-state index is 0.101. The molecule has 2 aromatic rings. The number of rotatable bonds is 7. The van der Waals surface area contributed by atoms with E-state index in [0.717, 1.165) is 11.1 Å². The molecule has 3 rings (SSSR count). The SMILES string of the molecule is CCOC(=O)C1(C(=O)OCC)CC(=O)N1C(c1ccccc1)c1ccccc1. The van der Waals surface area contributed by atoms with Gasteiger partial charge in [-0.2, -0.15) is 0 Å². The zero-order valence-corrected chi connectivity index (χ0v) is 16.0. The maximum absolute atomic E-state index is 12.9. The highest BCUT2D eigenvalue weighted by Gasteiger charge is 2.66. The van der Waals surface area contributed by atoms with E-state index in [1.54, 1.807) is 13.8 Å². The summed E-state index contributed by atoms with van der Waals surface area (Å²) in [5.74, 6) is -1.83. The number of likely N-dealkylation sites (tertiary alicyclic amines) is 1. The van der Waals surface area contributed by atoms with Crippen LogP contribution in [0.3, 0.4) is 0 Å². The lowest BCUT2D eigenvalue weighted by Gasteiger charge is -2.51. The zero-order chi connectivity index (χ0) is 20.1. The molecule has 0 atom stereocenters. The molecule has 28 heavy (non-hydrogen) atoms. The normalized spacial score (nSPS) is 15.1. The van der Waals surface area contributed by atoms with E-state index in [-0.39, 0.29) is 25.5 Å². The van der Waals surface area contributed by atoms with Crippen molar-refractivity contribution in [1.29, 1.82) is 0 Å². The van der Waals surface area contributed by atoms with Gasteiger partial charge in [0.1, 0.15) is 0 Å². The summed E-state index contributed by atoms with van der Waals surface area (Å²) in [6.45, 7) is 3.52. The molecular formula is C22H23NO5. The van der Waals surface area contributed by atoms with Gasteiger partial charge in [0.25, 0.3) is 0 Å². The summed E-state index contributed by atoms with van der Waals surface area (Å²) in [4.78, 5) is 39.8. The molecule has 0 saturated carbocycles. The van der Waals surface area contributed by atoms with E-state index >= 15 is 0 Å². The van der Waals surface area contributed by atoms with E-state index in [0.29, 0.717) is 0 Å². The molecule has 0 bridgehead atoms. The third kappa shape index (κ3) is 3.26. The lowest BCUT2D eigenvalue weighted by atomic mass is 9.79. The molecule has 1 amide bonds. The molecule has 146 valence electrons. The molecule has 2 aromatic carbocycles. The van der Waals surface area contributed by atoms with Crippen molar-refractivity contribution in [2.75, 3.05) is 13.2 Å². The highest BCUT2D eigenvalue weighted by molar-refractivity contribution is 6.15. The number of ether oxygens (including phenoxy) is 2. The molecule has 6 nitrogen and oxygen atoms in total. The highest BCUT2D eigenvalue weighted by Crippen LogP contribution is 2.44. The van der Waals surface area contributed by atoms with Crippen molar-refractivity contribution in [2.45, 2.75) is 31.8 Å². The van der Waals surface area contributed by atoms with Gasteiger partial charge in [-0.15, -0.1) is 0 Å². The monoisotopic (exact) mass is 381 g/mol. The Balaban J connectivity index is 2.14. The Hall–Kier alpha value is -3.15. The van der Waals surface area contributed by atoms with E-state index in [9.17, 15) is 14.4 Å². The van der Waals surface area contributed by atoms with Crippen molar-refractivity contribution in [2.24, 2.45) is 0 Å². The zero-order valence-electron chi connectivity index (χ0n) is 16.0. The fourth-order valence-electron chi connectivity index (χ4n) is 3.56. The van der Waals surface area contributed by atoms with Gasteiger partial charge in [0.2, 0.25) is 11.4 Å². The van der Waals surface area contributed by atoms with Gasteiger partial charge in [0.05, 0.1) is 25.7 Å². The average molecular weight is 381 g/mol. The number of nitrogens with zero attached hydrogens (tertiary/aromatic N) is 1. The van der Waals surface area contributed by atoms with Crippen LogP contribution in [0.2, 0.25) is 0 Å². The topological polar surface area (TPSA) is 72.9 Å². The van der Waals surface area contributed by atoms with Crippen LogP contribution in [0.1, 0.15) is 37.4 Å². The summed E-state index contributed by atoms with van der Waals surface area (Å²) >= 11 is 0. The smallest absolute Gasteiger partial charge is 0.344 e. The highest BCUT2D eigenvalue weighted by atomic mass is 16.6. The summed E-state index contributed by atoms with van der Waals surface area (Å²) in [6, 6.07) is 18.0. The van der Waals surface area contributed by atoms with E-state index in [2.05, 4.69) is 0 Å². The molecule has 6 heteroatoms. The number of hydrogen-bond donors (Lipinski definition) is 0. The maximum Gasteiger partial charge on any atom is 0.344 e. The fourth-order valence-corrected chi connectivity index (χ4v) is 3.56. The first-order chi connectivity index (χ1) is 13.6. The molecule has 1 saturated heterocycles. The first-order valence-electron chi connectivity index (χ1n) is 9.32. The lowest BCUT2D eigenvalue weighted by Crippen LogP contribution is -2.73. The lowest BCUT2D eigenvalue weighted by molar-refractivity contribution is -0.196. The van der Waals surface area contributed by atoms with Crippen LogP contribution in [-0.4, -0.2) is 41.5 Å². The number of benzene rings is 2. The van der Waals surface area contributed by atoms with Crippen LogP contribution in [0.4, 0.5) is 0 Å². The second-order valence-electron chi connectivity index (χ2n) is 6.47. The largest absolute Gasteiger partial charge is 0.464 e. The number of esters is 2. The summed E-state index contributed by atoms with van der Waals surface area (Å²) in [5, 5.41) is 0. The number of carbonyl (C=O) groups excluding carboxylic acids is 3. The summed E-state index contributed by atoms with van der Waals surface area (Å²) in [5.41, 5.74) is -0.196. The van der Waals surface area contributed by atoms with Gasteiger partial charge >= 0.3 is 11.9 Å². The third-order valence-electron chi connectivity index (χ3n) is 4.80. The Bertz CT molecular complexity index is 792. The second-order valence-corrected chi connectivity index (χ2v) is 6.47. The van der Waals surface area contributed by atoms with Crippen LogP contribution in [0.25, 0.3) is 0 Å². The average Bonchev–Trinajstić information content (AvgIpc) is 2.71. The molecule has 0 N–H and O–H groups in total. The molecule has 1 aliphatic rings. The molecule has 1 fully saturated rings. The molecule has 0 aromatic heterocycles. The van der Waals surface area contributed by atoms with E-state index in [1.165, 1.54) is 4.90 Å². The maximum atomic E-state index is 12.9. The van der Waals surface area contributed by atoms with Gasteiger partial charge in [-0.3, -0.25) is 4.79 Å². The number of β-lactam (4-membered cyclic amide) rings is 1. The molecule has 0 spiro atoms. The van der Waals surface area contributed by atoms with Crippen molar-refractivity contribution < 1.29 is 23.9 Å². The second kappa shape index (κ2) is 8.25. The van der Waals surface area contributed by atoms with Crippen molar-refractivity contribution in [1.82, 2.24) is 4.90 Å². The van der Waals surface area contributed by atoms with Crippen molar-refractivity contribution >= 4 is 17.8 Å². The molecular weight excluding hydrogens is 358 g/mol. The molecule has 0 unspecified atom stereocenters. The Morgan fingerprint density at radius 2 is 1.32 bits per heavy atom. The Morgan fingerprint density at radius 3 is 1.68 bits per heavy atom. The number of amides is 1. The Labute approximate surface area is 164 Å². The van der Waals surface area contributed by atoms with Crippen LogP contribution in [0.5, 0.6) is 0 Å². The molecule has 1 heterocycles. The summed E-state index contributed by atoms with van der Waals surface area (Å²) in [6.07, 6.45) is -0.263. The molecule has 0 radical (unpaired) electrons. The van der Waals surface area contributed by atoms with Gasteiger partial charge in [-0.1, -0.05) is 60.7 Å². The van der Waals surface area contributed by atoms with E-state index < -0.39 is 23.5 Å². The van der Waals surface area contributed by atoms with Gasteiger partial charge in [0, 0.05) is 0 Å². The first kappa shape index (κ1) is 19.6. The van der Waals surface area contributed by atoms with Gasteiger partial charge in [0.15, 0.2) is 0 Å². The standard InChI is InChI=1S/C22H23NO5/c1-3-27-20(25)22(21(26)28-4-2)15-18(24)23(22)19(16-11-7-5-8-12-16)17-13-9-6-10-14-17/h5-14,19H,3-4,15H2,1-2H3. The molecule has 0 aliphatic carbocycles.